The van der Waals surface area contributed by atoms with Gasteiger partial charge in [-0.2, -0.15) is 10.1 Å². The van der Waals surface area contributed by atoms with Crippen molar-refractivity contribution in [3.8, 4) is 5.75 Å². The minimum absolute atomic E-state index is 0.112. The number of anilines is 1. The van der Waals surface area contributed by atoms with Crippen LogP contribution >= 0.6 is 19.5 Å². The maximum atomic E-state index is 13.9. The Hall–Kier alpha value is -2.37. The van der Waals surface area contributed by atoms with E-state index in [9.17, 15) is 19.3 Å². The number of nitrogens with zero attached hydrogens (tertiary/aromatic N) is 2. The second kappa shape index (κ2) is 12.2. The van der Waals surface area contributed by atoms with Crippen LogP contribution in [0.15, 0.2) is 47.4 Å². The maximum absolute atomic E-state index is 13.9. The summed E-state index contributed by atoms with van der Waals surface area (Å²) in [7, 11) is -4.11. The molecule has 1 unspecified atom stereocenters. The molecular formula is C23H33N4O7PS. The molecule has 1 fully saturated rings. The van der Waals surface area contributed by atoms with E-state index >= 15 is 0 Å². The summed E-state index contributed by atoms with van der Waals surface area (Å²) in [6, 6.07) is 8.98. The first kappa shape index (κ1) is 28.2. The van der Waals surface area contributed by atoms with Gasteiger partial charge in [0.15, 0.2) is 0 Å². The molecule has 0 saturated carbocycles. The van der Waals surface area contributed by atoms with E-state index in [2.05, 4.69) is 10.1 Å². The highest BCUT2D eigenvalue weighted by atomic mass is 32.2. The van der Waals surface area contributed by atoms with Gasteiger partial charge in [0.05, 0.1) is 29.4 Å². The number of benzene rings is 1. The van der Waals surface area contributed by atoms with E-state index in [-0.39, 0.29) is 36.6 Å². The number of aliphatic hydroxyl groups is 1. The lowest BCUT2D eigenvalue weighted by atomic mass is 10.1. The fourth-order valence-corrected chi connectivity index (χ4v) is 6.74. The molecule has 2 aromatic rings. The minimum Gasteiger partial charge on any atom is -0.462 e. The third-order valence-corrected chi connectivity index (χ3v) is 8.38. The number of thioether (sulfide) groups is 1. The average molecular weight is 541 g/mol. The minimum atomic E-state index is -4.11. The van der Waals surface area contributed by atoms with Gasteiger partial charge in [0.1, 0.15) is 17.6 Å². The number of esters is 1. The third kappa shape index (κ3) is 7.57. The number of hydrogen-bond donors (Lipinski definition) is 3. The lowest BCUT2D eigenvalue weighted by Crippen LogP contribution is -2.42. The van der Waals surface area contributed by atoms with Gasteiger partial charge in [0.25, 0.3) is 0 Å². The maximum Gasteiger partial charge on any atom is 0.459 e. The molecule has 2 heterocycles. The number of aliphatic hydroxyl groups excluding tert-OH is 1. The molecule has 11 nitrogen and oxygen atoms in total. The van der Waals surface area contributed by atoms with Crippen LogP contribution in [-0.4, -0.2) is 50.7 Å². The lowest BCUT2D eigenvalue weighted by molar-refractivity contribution is -0.150. The zero-order valence-electron chi connectivity index (χ0n) is 20.6. The molecule has 1 aliphatic rings. The molecule has 1 saturated heterocycles. The number of carbonyl (C=O) groups is 1. The van der Waals surface area contributed by atoms with Gasteiger partial charge in [0, 0.05) is 12.6 Å². The van der Waals surface area contributed by atoms with Gasteiger partial charge in [-0.1, -0.05) is 32.0 Å². The summed E-state index contributed by atoms with van der Waals surface area (Å²) in [5.74, 6) is -0.468. The fraction of sp³-hybridized carbons (Fsp3) is 0.522. The topological polar surface area (TPSA) is 155 Å². The summed E-state index contributed by atoms with van der Waals surface area (Å²) < 4.78 is 32.1. The van der Waals surface area contributed by atoms with Gasteiger partial charge in [0.2, 0.25) is 0 Å². The predicted molar refractivity (Wildman–Crippen MR) is 138 cm³/mol. The summed E-state index contributed by atoms with van der Waals surface area (Å²) in [4.78, 5) is 28.6. The summed E-state index contributed by atoms with van der Waals surface area (Å²) in [6.07, 6.45) is 0.582. The first-order chi connectivity index (χ1) is 17.0. The Balaban J connectivity index is 1.77. The quantitative estimate of drug-likeness (QED) is 0.285. The van der Waals surface area contributed by atoms with Gasteiger partial charge in [-0.3, -0.25) is 13.9 Å². The van der Waals surface area contributed by atoms with Gasteiger partial charge in [-0.15, -0.1) is 11.8 Å². The van der Waals surface area contributed by atoms with E-state index in [0.29, 0.717) is 0 Å². The van der Waals surface area contributed by atoms with Gasteiger partial charge >= 0.3 is 19.4 Å². The van der Waals surface area contributed by atoms with E-state index in [1.807, 2.05) is 0 Å². The summed E-state index contributed by atoms with van der Waals surface area (Å²) in [5, 5.41) is 12.4. The number of carbonyl (C=O) groups excluding carboxylic acids is 1. The molecule has 1 aliphatic heterocycles. The molecule has 0 aliphatic carbocycles. The molecule has 3 rings (SSSR count). The van der Waals surface area contributed by atoms with Crippen molar-refractivity contribution in [1.82, 2.24) is 14.6 Å². The van der Waals surface area contributed by atoms with Crippen molar-refractivity contribution in [3.05, 3.63) is 53.1 Å². The average Bonchev–Trinajstić information content (AvgIpc) is 3.16. The number of nitrogen functional groups attached to an aromatic ring is 1. The van der Waals surface area contributed by atoms with Gasteiger partial charge in [-0.05, 0) is 38.0 Å². The summed E-state index contributed by atoms with van der Waals surface area (Å²) in [6.45, 7) is 6.85. The fourth-order valence-electron chi connectivity index (χ4n) is 3.51. The van der Waals surface area contributed by atoms with Crippen molar-refractivity contribution in [2.45, 2.75) is 63.0 Å². The Morgan fingerprint density at radius 1 is 1.28 bits per heavy atom. The van der Waals surface area contributed by atoms with Crippen LogP contribution in [0.4, 0.5) is 5.82 Å². The SMILES string of the molecule is CC(C)OC(=O)[C@@H](NP(=O)(OC[C@H]1S[C@@H](n2ccc(N)nc2=O)C[C@H]1O)Oc1ccccc1)C(C)C. The van der Waals surface area contributed by atoms with Crippen molar-refractivity contribution in [3.63, 3.8) is 0 Å². The van der Waals surface area contributed by atoms with Crippen LogP contribution in [0, 0.1) is 5.92 Å². The number of rotatable bonds is 11. The molecule has 0 bridgehead atoms. The molecule has 0 amide bonds. The van der Waals surface area contributed by atoms with Crippen molar-refractivity contribution >= 4 is 31.3 Å². The van der Waals surface area contributed by atoms with Crippen LogP contribution in [0.1, 0.15) is 39.5 Å². The molecule has 1 aromatic carbocycles. The Kier molecular flexibility index (Phi) is 9.59. The number of aromatic nitrogens is 2. The lowest BCUT2D eigenvalue weighted by Gasteiger charge is -2.28. The highest BCUT2D eigenvalue weighted by Gasteiger charge is 2.40. The van der Waals surface area contributed by atoms with E-state index in [0.717, 1.165) is 0 Å². The standard InChI is InChI=1S/C23H33N4O7PS/c1-14(2)21(22(29)33-15(3)4)26-35(31,34-16-8-6-5-7-9-16)32-13-18-17(28)12-20(36-18)27-11-10-19(24)25-23(27)30/h5-11,14-15,17-18,20-21,28H,12-13H2,1-4H3,(H,26,31)(H2,24,25,30)/t17-,18-,20-,21+,35?/m1/s1. The molecule has 198 valence electrons. The molecule has 13 heteroatoms. The molecular weight excluding hydrogens is 507 g/mol. The van der Waals surface area contributed by atoms with Crippen LogP contribution in [0.5, 0.6) is 5.75 Å². The Bertz CT molecular complexity index is 1130. The van der Waals surface area contributed by atoms with Crippen molar-refractivity contribution in [2.24, 2.45) is 5.92 Å². The Morgan fingerprint density at radius 2 is 1.97 bits per heavy atom. The number of ether oxygens (including phenoxy) is 1. The molecule has 36 heavy (non-hydrogen) atoms. The third-order valence-electron chi connectivity index (χ3n) is 5.31. The van der Waals surface area contributed by atoms with Gasteiger partial charge < -0.3 is 20.1 Å². The smallest absolute Gasteiger partial charge is 0.459 e. The normalized spacial score (nSPS) is 22.4. The molecule has 5 atom stereocenters. The Morgan fingerprint density at radius 3 is 2.58 bits per heavy atom. The van der Waals surface area contributed by atoms with Crippen molar-refractivity contribution in [2.75, 3.05) is 12.3 Å². The summed E-state index contributed by atoms with van der Waals surface area (Å²) in [5.41, 5.74) is 5.04. The molecule has 1 aromatic heterocycles. The van der Waals surface area contributed by atoms with E-state index < -0.39 is 42.2 Å². The predicted octanol–water partition coefficient (Wildman–Crippen LogP) is 2.96. The monoisotopic (exact) mass is 540 g/mol. The second-order valence-corrected chi connectivity index (χ2v) is 12.1. The number of nitrogens with two attached hydrogens (primary N) is 1. The Labute approximate surface area is 214 Å². The largest absolute Gasteiger partial charge is 0.462 e. The number of nitrogens with one attached hydrogen (secondary N) is 1. The van der Waals surface area contributed by atoms with E-state index in [1.54, 1.807) is 58.0 Å². The number of para-hydroxylation sites is 1. The molecule has 0 radical (unpaired) electrons. The molecule has 0 spiro atoms. The highest BCUT2D eigenvalue weighted by molar-refractivity contribution is 8.00. The van der Waals surface area contributed by atoms with Gasteiger partial charge in [-0.25, -0.2) is 9.36 Å². The first-order valence-corrected chi connectivity index (χ1v) is 14.1. The zero-order valence-corrected chi connectivity index (χ0v) is 22.4. The van der Waals surface area contributed by atoms with Crippen LogP contribution < -0.4 is 21.0 Å². The van der Waals surface area contributed by atoms with Crippen molar-refractivity contribution < 1.29 is 28.3 Å². The van der Waals surface area contributed by atoms with E-state index in [4.69, 9.17) is 19.5 Å². The highest BCUT2D eigenvalue weighted by Crippen LogP contribution is 2.48. The van der Waals surface area contributed by atoms with Crippen LogP contribution in [0.25, 0.3) is 0 Å². The zero-order chi connectivity index (χ0) is 26.5. The van der Waals surface area contributed by atoms with Crippen molar-refractivity contribution in [1.29, 1.82) is 0 Å². The van der Waals surface area contributed by atoms with Crippen LogP contribution in [-0.2, 0) is 18.6 Å². The first-order valence-electron chi connectivity index (χ1n) is 11.6. The van der Waals surface area contributed by atoms with Crippen LogP contribution in [0.3, 0.4) is 0 Å². The van der Waals surface area contributed by atoms with E-state index in [1.165, 1.54) is 28.6 Å². The second-order valence-electron chi connectivity index (χ2n) is 9.01. The molecule has 4 N–H and O–H groups in total. The summed E-state index contributed by atoms with van der Waals surface area (Å²) >= 11 is 1.29. The number of hydrogen-bond acceptors (Lipinski definition) is 10. The van der Waals surface area contributed by atoms with Crippen LogP contribution in [0.2, 0.25) is 0 Å².